The highest BCUT2D eigenvalue weighted by molar-refractivity contribution is 5.18. The van der Waals surface area contributed by atoms with Gasteiger partial charge in [-0.05, 0) is 32.8 Å². The largest absolute Gasteiger partial charge is 0.324 e. The van der Waals surface area contributed by atoms with Crippen LogP contribution in [0, 0.1) is 0 Å². The monoisotopic (exact) mass is 246 g/mol. The van der Waals surface area contributed by atoms with Gasteiger partial charge in [0, 0.05) is 24.7 Å². The molecular formula is C16H26N2. The van der Waals surface area contributed by atoms with Crippen molar-refractivity contribution in [2.45, 2.75) is 38.8 Å². The van der Waals surface area contributed by atoms with E-state index >= 15 is 0 Å². The van der Waals surface area contributed by atoms with Gasteiger partial charge < -0.3 is 5.73 Å². The highest BCUT2D eigenvalue weighted by Crippen LogP contribution is 2.18. The average molecular weight is 246 g/mol. The van der Waals surface area contributed by atoms with Crippen molar-refractivity contribution in [3.05, 3.63) is 48.6 Å². The van der Waals surface area contributed by atoms with Gasteiger partial charge in [0.15, 0.2) is 0 Å². The normalized spacial score (nSPS) is 13.6. The van der Waals surface area contributed by atoms with Crippen LogP contribution in [0.4, 0.5) is 0 Å². The van der Waals surface area contributed by atoms with Crippen molar-refractivity contribution >= 4 is 0 Å². The molecule has 2 nitrogen and oxygen atoms in total. The summed E-state index contributed by atoms with van der Waals surface area (Å²) in [7, 11) is 0. The van der Waals surface area contributed by atoms with Crippen molar-refractivity contribution < 1.29 is 0 Å². The van der Waals surface area contributed by atoms with Crippen molar-refractivity contribution in [1.82, 2.24) is 4.90 Å². The molecule has 0 saturated heterocycles. The fraction of sp³-hybridized carbons (Fsp3) is 0.500. The third-order valence-corrected chi connectivity index (χ3v) is 3.24. The van der Waals surface area contributed by atoms with Crippen LogP contribution >= 0.6 is 0 Å². The molecule has 18 heavy (non-hydrogen) atoms. The number of nitrogens with two attached hydrogens (primary N) is 1. The van der Waals surface area contributed by atoms with E-state index in [4.69, 9.17) is 5.73 Å². The molecule has 1 rings (SSSR count). The number of benzene rings is 1. The summed E-state index contributed by atoms with van der Waals surface area (Å²) >= 11 is 0. The number of nitrogens with zero attached hydrogens (tertiary/aromatic N) is 1. The van der Waals surface area contributed by atoms with E-state index < -0.39 is 0 Å². The average Bonchev–Trinajstić information content (AvgIpc) is 2.33. The van der Waals surface area contributed by atoms with Crippen molar-refractivity contribution in [3.8, 4) is 0 Å². The van der Waals surface area contributed by atoms with Crippen molar-refractivity contribution in [1.29, 1.82) is 0 Å². The molecule has 0 fully saturated rings. The quantitative estimate of drug-likeness (QED) is 0.780. The van der Waals surface area contributed by atoms with Crippen molar-refractivity contribution in [2.24, 2.45) is 5.73 Å². The minimum Gasteiger partial charge on any atom is -0.324 e. The Labute approximate surface area is 111 Å². The summed E-state index contributed by atoms with van der Waals surface area (Å²) in [6.07, 6.45) is 2.93. The van der Waals surface area contributed by atoms with Gasteiger partial charge in [-0.2, -0.15) is 0 Å². The number of hydrogen-bond acceptors (Lipinski definition) is 2. The van der Waals surface area contributed by atoms with Crippen LogP contribution in [0.3, 0.4) is 0 Å². The molecule has 2 heteroatoms. The minimum absolute atomic E-state index is 0.112. The summed E-state index contributed by atoms with van der Waals surface area (Å²) < 4.78 is 0. The molecule has 0 spiro atoms. The Morgan fingerprint density at radius 1 is 1.28 bits per heavy atom. The van der Waals surface area contributed by atoms with E-state index in [1.807, 2.05) is 24.3 Å². The Morgan fingerprint density at radius 2 is 1.89 bits per heavy atom. The third-order valence-electron chi connectivity index (χ3n) is 3.24. The van der Waals surface area contributed by atoms with E-state index in [2.05, 4.69) is 44.4 Å². The maximum Gasteiger partial charge on any atom is 0.0307 e. The van der Waals surface area contributed by atoms with Crippen molar-refractivity contribution in [3.63, 3.8) is 0 Å². The van der Waals surface area contributed by atoms with Crippen molar-refractivity contribution in [2.75, 3.05) is 13.1 Å². The zero-order valence-electron chi connectivity index (χ0n) is 11.9. The molecule has 0 aliphatic heterocycles. The molecule has 1 aromatic rings. The molecule has 100 valence electrons. The summed E-state index contributed by atoms with van der Waals surface area (Å²) in [4.78, 5) is 2.41. The molecule has 0 aliphatic carbocycles. The summed E-state index contributed by atoms with van der Waals surface area (Å²) in [5, 5.41) is 0. The van der Waals surface area contributed by atoms with Gasteiger partial charge in [-0.15, -0.1) is 6.58 Å². The zero-order chi connectivity index (χ0) is 13.6. The molecule has 1 atom stereocenters. The Bertz CT molecular complexity index is 351. The lowest BCUT2D eigenvalue weighted by molar-refractivity contribution is 0.149. The molecular weight excluding hydrogens is 220 g/mol. The van der Waals surface area contributed by atoms with Gasteiger partial charge in [-0.1, -0.05) is 36.4 Å². The van der Waals surface area contributed by atoms with Crippen LogP contribution in [-0.4, -0.2) is 23.5 Å². The first-order chi connectivity index (χ1) is 8.45. The Kier molecular flexibility index (Phi) is 5.57. The van der Waals surface area contributed by atoms with Gasteiger partial charge in [0.25, 0.3) is 0 Å². The lowest BCUT2D eigenvalue weighted by Crippen LogP contribution is -2.42. The number of hydrogen-bond donors (Lipinski definition) is 1. The molecule has 0 heterocycles. The van der Waals surface area contributed by atoms with Gasteiger partial charge in [-0.3, -0.25) is 4.90 Å². The van der Waals surface area contributed by atoms with Gasteiger partial charge in [0.2, 0.25) is 0 Å². The van der Waals surface area contributed by atoms with Gasteiger partial charge in [-0.25, -0.2) is 0 Å². The van der Waals surface area contributed by atoms with E-state index in [1.165, 1.54) is 5.56 Å². The van der Waals surface area contributed by atoms with Crippen LogP contribution in [0.1, 0.15) is 38.8 Å². The van der Waals surface area contributed by atoms with E-state index in [-0.39, 0.29) is 11.6 Å². The van der Waals surface area contributed by atoms with Gasteiger partial charge in [0.05, 0.1) is 0 Å². The van der Waals surface area contributed by atoms with E-state index in [1.54, 1.807) is 0 Å². The minimum atomic E-state index is 0.112. The fourth-order valence-electron chi connectivity index (χ4n) is 2.02. The molecule has 2 N–H and O–H groups in total. The molecule has 0 amide bonds. The lowest BCUT2D eigenvalue weighted by Gasteiger charge is -2.35. The predicted octanol–water partition coefficient (Wildman–Crippen LogP) is 3.36. The summed E-state index contributed by atoms with van der Waals surface area (Å²) in [6.45, 7) is 12.4. The molecule has 0 aromatic heterocycles. The van der Waals surface area contributed by atoms with Crippen LogP contribution in [0.15, 0.2) is 43.0 Å². The van der Waals surface area contributed by atoms with Crippen LogP contribution in [0.25, 0.3) is 0 Å². The predicted molar refractivity (Wildman–Crippen MR) is 79.5 cm³/mol. The smallest absolute Gasteiger partial charge is 0.0307 e. The first kappa shape index (κ1) is 14.9. The third kappa shape index (κ3) is 4.63. The Hall–Kier alpha value is -1.12. The maximum atomic E-state index is 6.23. The zero-order valence-corrected chi connectivity index (χ0v) is 11.9. The lowest BCUT2D eigenvalue weighted by atomic mass is 10.0. The van der Waals surface area contributed by atoms with Crippen LogP contribution in [0.5, 0.6) is 0 Å². The summed E-state index contributed by atoms with van der Waals surface area (Å²) in [5.74, 6) is 0. The van der Waals surface area contributed by atoms with E-state index in [0.717, 1.165) is 19.5 Å². The highest BCUT2D eigenvalue weighted by Gasteiger charge is 2.20. The summed E-state index contributed by atoms with van der Waals surface area (Å²) in [5.41, 5.74) is 7.60. The molecule has 0 saturated carbocycles. The van der Waals surface area contributed by atoms with Crippen LogP contribution in [0.2, 0.25) is 0 Å². The topological polar surface area (TPSA) is 29.3 Å². The molecule has 0 aliphatic rings. The van der Waals surface area contributed by atoms with E-state index in [9.17, 15) is 0 Å². The second-order valence-electron chi connectivity index (χ2n) is 5.71. The fourth-order valence-corrected chi connectivity index (χ4v) is 2.02. The Morgan fingerprint density at radius 3 is 2.39 bits per heavy atom. The standard InChI is InChI=1S/C16H26N2/c1-5-12-18(16(2,3)4)13-11-15(17)14-9-7-6-8-10-14/h5-10,15H,1,11-13,17H2,2-4H3. The van der Waals surface area contributed by atoms with Crippen LogP contribution in [-0.2, 0) is 0 Å². The maximum absolute atomic E-state index is 6.23. The Balaban J connectivity index is 2.55. The van der Waals surface area contributed by atoms with Gasteiger partial charge >= 0.3 is 0 Å². The molecule has 1 aromatic carbocycles. The molecule has 1 unspecified atom stereocenters. The van der Waals surface area contributed by atoms with Gasteiger partial charge in [0.1, 0.15) is 0 Å². The second-order valence-corrected chi connectivity index (χ2v) is 5.71. The molecule has 0 radical (unpaired) electrons. The highest BCUT2D eigenvalue weighted by atomic mass is 15.2. The number of rotatable bonds is 6. The first-order valence-electron chi connectivity index (χ1n) is 6.61. The first-order valence-corrected chi connectivity index (χ1v) is 6.61. The van der Waals surface area contributed by atoms with Crippen LogP contribution < -0.4 is 5.73 Å². The molecule has 0 bridgehead atoms. The second kappa shape index (κ2) is 6.72. The SMILES string of the molecule is C=CCN(CCC(N)c1ccccc1)C(C)(C)C. The summed E-state index contributed by atoms with van der Waals surface area (Å²) in [6, 6.07) is 10.4. The van der Waals surface area contributed by atoms with E-state index in [0.29, 0.717) is 0 Å².